The number of amides is 4. The van der Waals surface area contributed by atoms with E-state index in [-0.39, 0.29) is 30.4 Å². The molecule has 0 aromatic heterocycles. The smallest absolute Gasteiger partial charge is 0.260 e. The number of hydrogen-bond donors (Lipinski definition) is 2. The third-order valence-electron chi connectivity index (χ3n) is 12.9. The predicted octanol–water partition coefficient (Wildman–Crippen LogP) is 8.87. The van der Waals surface area contributed by atoms with E-state index in [0.29, 0.717) is 44.6 Å². The summed E-state index contributed by atoms with van der Waals surface area (Å²) >= 11 is 6.40. The second kappa shape index (κ2) is 15.4. The van der Waals surface area contributed by atoms with Gasteiger partial charge in [-0.25, -0.2) is 4.39 Å². The fraction of sp³-hybridized carbons (Fsp3) is 0.224. The zero-order valence-corrected chi connectivity index (χ0v) is 34.2. The zero-order valence-electron chi connectivity index (χ0n) is 33.5. The molecule has 4 aliphatic rings. The van der Waals surface area contributed by atoms with Crippen LogP contribution < -0.4 is 19.8 Å². The van der Waals surface area contributed by atoms with Crippen molar-refractivity contribution in [3.05, 3.63) is 160 Å². The summed E-state index contributed by atoms with van der Waals surface area (Å²) in [5.41, 5.74) is 6.39. The van der Waals surface area contributed by atoms with Gasteiger partial charge in [0.15, 0.2) is 0 Å². The largest absolute Gasteiger partial charge is 0.508 e. The lowest BCUT2D eigenvalue weighted by atomic mass is 9.49. The molecule has 9 rings (SSSR count). The molecule has 12 heteroatoms. The maximum atomic E-state index is 15.3. The van der Waals surface area contributed by atoms with Crippen LogP contribution in [0.5, 0.6) is 17.2 Å². The van der Waals surface area contributed by atoms with Crippen molar-refractivity contribution in [2.24, 2.45) is 23.7 Å². The van der Waals surface area contributed by atoms with E-state index in [0.717, 1.165) is 21.7 Å². The Morgan fingerprint density at radius 3 is 2.25 bits per heavy atom. The van der Waals surface area contributed by atoms with Crippen LogP contribution in [0.15, 0.2) is 121 Å². The molecule has 2 aliphatic carbocycles. The molecule has 4 amide bonds. The van der Waals surface area contributed by atoms with Crippen molar-refractivity contribution in [3.8, 4) is 17.2 Å². The molecule has 10 nitrogen and oxygen atoms in total. The van der Waals surface area contributed by atoms with Gasteiger partial charge < -0.3 is 14.6 Å². The number of imide groups is 2. The highest BCUT2D eigenvalue weighted by atomic mass is 35.5. The predicted molar refractivity (Wildman–Crippen MR) is 229 cm³/mol. The molecule has 2 N–H and O–H groups in total. The monoisotopic (exact) mass is 837 g/mol. The minimum Gasteiger partial charge on any atom is -0.508 e. The number of anilines is 2. The number of aryl methyl sites for hydroxylation is 1. The summed E-state index contributed by atoms with van der Waals surface area (Å²) in [6.45, 7) is 1.76. The second-order valence-corrected chi connectivity index (χ2v) is 16.4. The third kappa shape index (κ3) is 6.46. The zero-order chi connectivity index (χ0) is 42.7. The van der Waals surface area contributed by atoms with Gasteiger partial charge in [-0.3, -0.25) is 29.5 Å². The number of benzene rings is 5. The number of phenols is 1. The van der Waals surface area contributed by atoms with Gasteiger partial charge >= 0.3 is 0 Å². The Morgan fingerprint density at radius 1 is 0.820 bits per heavy atom. The Labute approximate surface area is 356 Å². The highest BCUT2D eigenvalue weighted by Gasteiger charge is 2.70. The molecule has 2 aliphatic heterocycles. The highest BCUT2D eigenvalue weighted by Crippen LogP contribution is 2.64. The molecule has 308 valence electrons. The van der Waals surface area contributed by atoms with Crippen molar-refractivity contribution >= 4 is 58.8 Å². The minimum absolute atomic E-state index is 0.0630. The topological polar surface area (TPSA) is 125 Å². The van der Waals surface area contributed by atoms with Crippen LogP contribution in [0.3, 0.4) is 0 Å². The van der Waals surface area contributed by atoms with Gasteiger partial charge in [-0.1, -0.05) is 71.8 Å². The van der Waals surface area contributed by atoms with Crippen molar-refractivity contribution in [1.82, 2.24) is 5.01 Å². The maximum absolute atomic E-state index is 15.3. The molecule has 0 bridgehead atoms. The van der Waals surface area contributed by atoms with Gasteiger partial charge in [0.05, 0.1) is 48.8 Å². The Morgan fingerprint density at radius 2 is 1.56 bits per heavy atom. The van der Waals surface area contributed by atoms with Gasteiger partial charge in [0.25, 0.3) is 11.8 Å². The lowest BCUT2D eigenvalue weighted by Gasteiger charge is -2.50. The number of allylic oxidation sites excluding steroid dienone is 2. The Hall–Kier alpha value is -6.72. The summed E-state index contributed by atoms with van der Waals surface area (Å²) in [6, 6.07) is 30.0. The van der Waals surface area contributed by atoms with E-state index in [9.17, 15) is 23.9 Å². The van der Waals surface area contributed by atoms with E-state index in [1.807, 2.05) is 54.6 Å². The summed E-state index contributed by atoms with van der Waals surface area (Å²) in [5, 5.41) is 12.1. The molecule has 2 saturated heterocycles. The number of nitrogens with zero attached hydrogens (tertiary/aromatic N) is 2. The average Bonchev–Trinajstić information content (AvgIpc) is 3.65. The van der Waals surface area contributed by atoms with Gasteiger partial charge in [-0.15, -0.1) is 0 Å². The van der Waals surface area contributed by atoms with Gasteiger partial charge in [-0.2, -0.15) is 5.01 Å². The van der Waals surface area contributed by atoms with Gasteiger partial charge in [0, 0.05) is 16.5 Å². The Bertz CT molecular complexity index is 2660. The molecule has 6 unspecified atom stereocenters. The number of rotatable bonds is 9. The summed E-state index contributed by atoms with van der Waals surface area (Å²) in [7, 11) is 3.19. The van der Waals surface area contributed by atoms with E-state index >= 15 is 4.79 Å². The van der Waals surface area contributed by atoms with Crippen molar-refractivity contribution in [1.29, 1.82) is 0 Å². The molecule has 1 saturated carbocycles. The molecular weight excluding hydrogens is 797 g/mol. The first-order valence-electron chi connectivity index (χ1n) is 20.0. The number of methoxy groups -OCH3 is 2. The first-order valence-corrected chi connectivity index (χ1v) is 20.4. The minimum atomic E-state index is -1.53. The number of aromatic hydroxyl groups is 1. The summed E-state index contributed by atoms with van der Waals surface area (Å²) in [6.07, 6.45) is 6.12. The van der Waals surface area contributed by atoms with Crippen LogP contribution in [-0.2, 0) is 24.6 Å². The standard InChI is InChI=1S/C49H41ClFN3O7/c1-27-24-30(8-22-41(27)55)44-37-20-21-38-43(47(58)53(45(38)56)35-17-5-28(6-18-35)4-7-29-25-36(60-2)19-23-42(29)61-3)39(37)26-40-46(57)54(52-34-15-13-33(51)14-16-34)48(59)49(40,44)31-9-11-32(50)12-10-31/h4-20,22-25,38-40,43-44,52,55H,21,26H2,1-3H3. The summed E-state index contributed by atoms with van der Waals surface area (Å²) in [5.74, 6) is -4.67. The van der Waals surface area contributed by atoms with Crippen LogP contribution >= 0.6 is 11.6 Å². The SMILES string of the molecule is COc1ccc(OC)c(C=Cc2ccc(N3C(=O)C4CC=C5C(CC6C(=O)N(Nc7ccc(F)cc7)C(=O)C6(c6ccc(Cl)cc6)C5c5ccc(O)c(C)c5)C4C3=O)cc2)c1. The van der Waals surface area contributed by atoms with Crippen molar-refractivity contribution in [2.75, 3.05) is 24.5 Å². The molecule has 61 heavy (non-hydrogen) atoms. The molecule has 5 aromatic carbocycles. The fourth-order valence-electron chi connectivity index (χ4n) is 10.0. The molecule has 2 heterocycles. The molecule has 5 aromatic rings. The normalized spacial score (nSPS) is 24.4. The second-order valence-electron chi connectivity index (χ2n) is 16.0. The lowest BCUT2D eigenvalue weighted by Crippen LogP contribution is -2.53. The van der Waals surface area contributed by atoms with Crippen molar-refractivity contribution < 1.29 is 38.1 Å². The molecule has 3 fully saturated rings. The van der Waals surface area contributed by atoms with E-state index in [1.54, 1.807) is 69.7 Å². The van der Waals surface area contributed by atoms with Crippen LogP contribution in [0.1, 0.15) is 46.6 Å². The average molecular weight is 838 g/mol. The number of carbonyl (C=O) groups excluding carboxylic acids is 4. The lowest BCUT2D eigenvalue weighted by molar-refractivity contribution is -0.138. The number of nitrogens with one attached hydrogen (secondary N) is 1. The molecular formula is C49H41ClFN3O7. The molecule has 0 spiro atoms. The van der Waals surface area contributed by atoms with E-state index < -0.39 is 52.6 Å². The number of carbonyl (C=O) groups is 4. The molecule has 6 atom stereocenters. The van der Waals surface area contributed by atoms with Gasteiger partial charge in [0.2, 0.25) is 11.8 Å². The number of hydrogen-bond acceptors (Lipinski definition) is 8. The number of fused-ring (bicyclic) bond motifs is 4. The van der Waals surface area contributed by atoms with Crippen molar-refractivity contribution in [3.63, 3.8) is 0 Å². The first-order chi connectivity index (χ1) is 29.4. The summed E-state index contributed by atoms with van der Waals surface area (Å²) < 4.78 is 24.8. The third-order valence-corrected chi connectivity index (χ3v) is 13.1. The quantitative estimate of drug-likeness (QED) is 0.0858. The van der Waals surface area contributed by atoms with E-state index in [4.69, 9.17) is 21.1 Å². The van der Waals surface area contributed by atoms with Crippen LogP contribution in [0.2, 0.25) is 5.02 Å². The maximum Gasteiger partial charge on any atom is 0.260 e. The van der Waals surface area contributed by atoms with Gasteiger partial charge in [-0.05, 0) is 121 Å². The van der Waals surface area contributed by atoms with Crippen LogP contribution in [0.4, 0.5) is 15.8 Å². The molecule has 0 radical (unpaired) electrons. The number of phenolic OH excluding ortho intramolecular Hbond substituents is 1. The highest BCUT2D eigenvalue weighted by molar-refractivity contribution is 6.30. The van der Waals surface area contributed by atoms with E-state index in [1.165, 1.54) is 29.2 Å². The number of hydrazine groups is 1. The van der Waals surface area contributed by atoms with Crippen LogP contribution in [-0.4, -0.2) is 48.0 Å². The van der Waals surface area contributed by atoms with Gasteiger partial charge in [0.1, 0.15) is 23.1 Å². The Balaban J connectivity index is 1.11. The van der Waals surface area contributed by atoms with Crippen LogP contribution in [0, 0.1) is 36.4 Å². The van der Waals surface area contributed by atoms with E-state index in [2.05, 4.69) is 5.43 Å². The van der Waals surface area contributed by atoms with Crippen molar-refractivity contribution in [2.45, 2.75) is 31.1 Å². The fourth-order valence-corrected chi connectivity index (χ4v) is 10.2. The van der Waals surface area contributed by atoms with Crippen LogP contribution in [0.25, 0.3) is 12.2 Å². The Kier molecular flexibility index (Phi) is 10.0. The summed E-state index contributed by atoms with van der Waals surface area (Å²) in [4.78, 5) is 60.7. The number of ether oxygens (including phenoxy) is 2. The number of halogens is 2. The first kappa shape index (κ1) is 39.7.